The standard InChI is InChI=1S/C24H22N2O6S/c1-30-19-10-15(8-9-18(19)32-12-14-6-4-3-5-7-14)17(11-20(27)31-2)26-23(28)16-13-33-22(25)21(16)24(26)29/h3-10,13,17H,11-12,25H2,1-2H3. The summed E-state index contributed by atoms with van der Waals surface area (Å²) in [5.74, 6) is -0.701. The summed E-state index contributed by atoms with van der Waals surface area (Å²) in [6.07, 6.45) is -0.213. The van der Waals surface area contributed by atoms with Crippen LogP contribution in [-0.2, 0) is 16.1 Å². The fourth-order valence-electron chi connectivity index (χ4n) is 3.72. The van der Waals surface area contributed by atoms with Gasteiger partial charge in [-0.2, -0.15) is 0 Å². The van der Waals surface area contributed by atoms with Crippen molar-refractivity contribution >= 4 is 34.1 Å². The van der Waals surface area contributed by atoms with E-state index in [2.05, 4.69) is 0 Å². The Hall–Kier alpha value is -3.85. The molecule has 0 fully saturated rings. The largest absolute Gasteiger partial charge is 0.493 e. The molecule has 9 heteroatoms. The third-order valence-corrected chi connectivity index (χ3v) is 6.22. The first-order chi connectivity index (χ1) is 15.9. The lowest BCUT2D eigenvalue weighted by molar-refractivity contribution is -0.141. The van der Waals surface area contributed by atoms with E-state index < -0.39 is 23.8 Å². The number of nitrogens with zero attached hydrogens (tertiary/aromatic N) is 1. The number of rotatable bonds is 8. The second-order valence-electron chi connectivity index (χ2n) is 7.35. The summed E-state index contributed by atoms with van der Waals surface area (Å²) in [5.41, 5.74) is 7.84. The van der Waals surface area contributed by atoms with Crippen molar-refractivity contribution in [2.24, 2.45) is 0 Å². The van der Waals surface area contributed by atoms with Crippen LogP contribution >= 0.6 is 11.3 Å². The van der Waals surface area contributed by atoms with Crippen molar-refractivity contribution in [2.75, 3.05) is 20.0 Å². The maximum Gasteiger partial charge on any atom is 0.307 e. The first kappa shape index (κ1) is 22.3. The van der Waals surface area contributed by atoms with Gasteiger partial charge < -0.3 is 19.9 Å². The van der Waals surface area contributed by atoms with Gasteiger partial charge in [0.2, 0.25) is 0 Å². The van der Waals surface area contributed by atoms with Gasteiger partial charge in [0, 0.05) is 5.38 Å². The Kier molecular flexibility index (Phi) is 6.32. The topological polar surface area (TPSA) is 108 Å². The molecule has 0 saturated carbocycles. The lowest BCUT2D eigenvalue weighted by Crippen LogP contribution is -2.35. The van der Waals surface area contributed by atoms with Crippen LogP contribution in [0.25, 0.3) is 0 Å². The molecular weight excluding hydrogens is 444 g/mol. The number of hydrogen-bond donors (Lipinski definition) is 1. The zero-order valence-corrected chi connectivity index (χ0v) is 18.9. The summed E-state index contributed by atoms with van der Waals surface area (Å²) in [6, 6.07) is 13.8. The van der Waals surface area contributed by atoms with Crippen molar-refractivity contribution in [2.45, 2.75) is 19.1 Å². The summed E-state index contributed by atoms with van der Waals surface area (Å²) in [4.78, 5) is 39.3. The second-order valence-corrected chi connectivity index (χ2v) is 8.26. The number of anilines is 1. The van der Waals surface area contributed by atoms with E-state index in [-0.39, 0.29) is 22.5 Å². The molecule has 1 atom stereocenters. The van der Waals surface area contributed by atoms with Gasteiger partial charge in [0.05, 0.1) is 42.8 Å². The number of esters is 1. The van der Waals surface area contributed by atoms with E-state index in [1.54, 1.807) is 23.6 Å². The van der Waals surface area contributed by atoms with Crippen molar-refractivity contribution in [3.05, 3.63) is 76.2 Å². The number of benzene rings is 2. The molecule has 0 bridgehead atoms. The summed E-state index contributed by atoms with van der Waals surface area (Å²) >= 11 is 1.14. The van der Waals surface area contributed by atoms with Gasteiger partial charge in [-0.1, -0.05) is 36.4 Å². The summed E-state index contributed by atoms with van der Waals surface area (Å²) in [6.45, 7) is 0.338. The molecule has 1 aromatic heterocycles. The minimum Gasteiger partial charge on any atom is -0.493 e. The van der Waals surface area contributed by atoms with Crippen LogP contribution in [0.3, 0.4) is 0 Å². The Labute approximate surface area is 194 Å². The third-order valence-electron chi connectivity index (χ3n) is 5.41. The van der Waals surface area contributed by atoms with Crippen molar-refractivity contribution in [3.8, 4) is 11.5 Å². The average molecular weight is 467 g/mol. The molecule has 2 aromatic carbocycles. The summed E-state index contributed by atoms with van der Waals surface area (Å²) < 4.78 is 16.2. The number of amides is 2. The molecule has 0 saturated heterocycles. The number of ether oxygens (including phenoxy) is 3. The summed E-state index contributed by atoms with van der Waals surface area (Å²) in [5, 5.41) is 1.83. The maximum absolute atomic E-state index is 13.1. The molecule has 0 aliphatic carbocycles. The minimum atomic E-state index is -0.897. The predicted molar refractivity (Wildman–Crippen MR) is 122 cm³/mol. The Morgan fingerprint density at radius 2 is 1.82 bits per heavy atom. The number of nitrogen functional groups attached to an aromatic ring is 1. The molecule has 0 radical (unpaired) electrons. The molecule has 33 heavy (non-hydrogen) atoms. The van der Waals surface area contributed by atoms with Gasteiger partial charge in [0.15, 0.2) is 11.5 Å². The Morgan fingerprint density at radius 3 is 2.48 bits per heavy atom. The van der Waals surface area contributed by atoms with Crippen molar-refractivity contribution in [3.63, 3.8) is 0 Å². The maximum atomic E-state index is 13.1. The highest BCUT2D eigenvalue weighted by molar-refractivity contribution is 7.14. The van der Waals surface area contributed by atoms with Crippen molar-refractivity contribution < 1.29 is 28.6 Å². The van der Waals surface area contributed by atoms with Crippen LogP contribution in [0.5, 0.6) is 11.5 Å². The fourth-order valence-corrected chi connectivity index (χ4v) is 4.50. The highest BCUT2D eigenvalue weighted by atomic mass is 32.1. The summed E-state index contributed by atoms with van der Waals surface area (Å²) in [7, 11) is 2.75. The number of thiophene rings is 1. The monoisotopic (exact) mass is 466 g/mol. The van der Waals surface area contributed by atoms with Crippen LogP contribution in [0.2, 0.25) is 0 Å². The van der Waals surface area contributed by atoms with Crippen LogP contribution < -0.4 is 15.2 Å². The first-order valence-corrected chi connectivity index (χ1v) is 11.0. The Morgan fingerprint density at radius 1 is 1.06 bits per heavy atom. The molecule has 3 aromatic rings. The number of nitrogens with two attached hydrogens (primary N) is 1. The molecule has 4 rings (SSSR count). The van der Waals surface area contributed by atoms with E-state index in [9.17, 15) is 14.4 Å². The fraction of sp³-hybridized carbons (Fsp3) is 0.208. The molecule has 2 N–H and O–H groups in total. The number of imide groups is 1. The van der Waals surface area contributed by atoms with Crippen LogP contribution in [0.4, 0.5) is 5.00 Å². The Bertz CT molecular complexity index is 1210. The molecule has 1 aliphatic rings. The lowest BCUT2D eigenvalue weighted by Gasteiger charge is -2.26. The van der Waals surface area contributed by atoms with E-state index in [1.165, 1.54) is 14.2 Å². The molecule has 1 aliphatic heterocycles. The van der Waals surface area contributed by atoms with Gasteiger partial charge in [-0.3, -0.25) is 19.3 Å². The molecule has 2 amide bonds. The van der Waals surface area contributed by atoms with E-state index in [0.717, 1.165) is 21.8 Å². The quantitative estimate of drug-likeness (QED) is 0.397. The van der Waals surface area contributed by atoms with Gasteiger partial charge >= 0.3 is 5.97 Å². The van der Waals surface area contributed by atoms with Gasteiger partial charge in [-0.25, -0.2) is 0 Å². The molecular formula is C24H22N2O6S. The van der Waals surface area contributed by atoms with Crippen molar-refractivity contribution in [1.82, 2.24) is 4.90 Å². The SMILES string of the molecule is COC(=O)CC(c1ccc(OCc2ccccc2)c(OC)c1)N1C(=O)c2csc(N)c2C1=O. The highest BCUT2D eigenvalue weighted by Crippen LogP contribution is 2.40. The number of hydrogen-bond acceptors (Lipinski definition) is 8. The minimum absolute atomic E-state index is 0.176. The number of carbonyl (C=O) groups is 3. The van der Waals surface area contributed by atoms with E-state index in [0.29, 0.717) is 23.7 Å². The molecule has 170 valence electrons. The molecule has 2 heterocycles. The van der Waals surface area contributed by atoms with Crippen LogP contribution in [0.15, 0.2) is 53.9 Å². The van der Waals surface area contributed by atoms with Gasteiger partial charge in [-0.15, -0.1) is 11.3 Å². The number of fused-ring (bicyclic) bond motifs is 1. The van der Waals surface area contributed by atoms with E-state index in [4.69, 9.17) is 19.9 Å². The zero-order chi connectivity index (χ0) is 23.5. The van der Waals surface area contributed by atoms with Gasteiger partial charge in [0.25, 0.3) is 11.8 Å². The second kappa shape index (κ2) is 9.33. The highest BCUT2D eigenvalue weighted by Gasteiger charge is 2.43. The molecule has 8 nitrogen and oxygen atoms in total. The van der Waals surface area contributed by atoms with Crippen molar-refractivity contribution in [1.29, 1.82) is 0 Å². The average Bonchev–Trinajstić information content (AvgIpc) is 3.34. The van der Waals surface area contributed by atoms with Crippen LogP contribution in [-0.4, -0.2) is 36.9 Å². The van der Waals surface area contributed by atoms with E-state index >= 15 is 0 Å². The number of methoxy groups -OCH3 is 2. The smallest absolute Gasteiger partial charge is 0.307 e. The Balaban J connectivity index is 1.66. The van der Waals surface area contributed by atoms with Crippen LogP contribution in [0.1, 0.15) is 44.3 Å². The number of carbonyl (C=O) groups excluding carboxylic acids is 3. The lowest BCUT2D eigenvalue weighted by atomic mass is 10.0. The molecule has 0 spiro atoms. The van der Waals surface area contributed by atoms with Gasteiger partial charge in [0.1, 0.15) is 6.61 Å². The predicted octanol–water partition coefficient (Wildman–Crippen LogP) is 3.82. The van der Waals surface area contributed by atoms with Gasteiger partial charge in [-0.05, 0) is 23.3 Å². The third kappa shape index (κ3) is 4.27. The first-order valence-electron chi connectivity index (χ1n) is 10.1. The normalized spacial score (nSPS) is 13.6. The zero-order valence-electron chi connectivity index (χ0n) is 18.1. The van der Waals surface area contributed by atoms with Crippen LogP contribution in [0, 0.1) is 0 Å². The molecule has 1 unspecified atom stereocenters. The van der Waals surface area contributed by atoms with E-state index in [1.807, 2.05) is 30.3 Å².